The molecule has 0 bridgehead atoms. The molecule has 140 valence electrons. The van der Waals surface area contributed by atoms with E-state index in [9.17, 15) is 9.18 Å². The average Bonchev–Trinajstić information content (AvgIpc) is 3.21. The summed E-state index contributed by atoms with van der Waals surface area (Å²) in [7, 11) is 0. The number of halogens is 2. The van der Waals surface area contributed by atoms with E-state index >= 15 is 0 Å². The summed E-state index contributed by atoms with van der Waals surface area (Å²) >= 11 is 6.02. The maximum atomic E-state index is 14.3. The molecular formula is C17H17ClFN7O. The minimum absolute atomic E-state index is 0.0164. The predicted molar refractivity (Wildman–Crippen MR) is 99.5 cm³/mol. The van der Waals surface area contributed by atoms with Gasteiger partial charge < -0.3 is 20.9 Å². The van der Waals surface area contributed by atoms with Gasteiger partial charge in [0.05, 0.1) is 17.8 Å². The number of hydrogen-bond donors (Lipinski definition) is 3. The van der Waals surface area contributed by atoms with E-state index in [-0.39, 0.29) is 18.3 Å². The molecule has 1 atom stereocenters. The maximum absolute atomic E-state index is 14.3. The Hall–Kier alpha value is -2.78. The van der Waals surface area contributed by atoms with Gasteiger partial charge in [-0.25, -0.2) is 19.3 Å². The first kappa shape index (κ1) is 17.6. The van der Waals surface area contributed by atoms with Crippen molar-refractivity contribution in [3.63, 3.8) is 0 Å². The number of anilines is 1. The number of nitrogens with one attached hydrogen (secondary N) is 2. The SMILES string of the molecule is CC(=O)N1CC[C@](N)(Nc2nc(-c3c[nH]c4ncc(Cl)cc34)ncc2F)C1. The lowest BCUT2D eigenvalue weighted by Gasteiger charge is -2.26. The molecule has 4 N–H and O–H groups in total. The van der Waals surface area contributed by atoms with Gasteiger partial charge in [0.25, 0.3) is 0 Å². The molecular weight excluding hydrogens is 373 g/mol. The Balaban J connectivity index is 1.68. The molecule has 0 spiro atoms. The molecule has 3 aromatic rings. The van der Waals surface area contributed by atoms with Gasteiger partial charge in [0.1, 0.15) is 11.3 Å². The largest absolute Gasteiger partial charge is 0.348 e. The van der Waals surface area contributed by atoms with Gasteiger partial charge in [-0.2, -0.15) is 0 Å². The Morgan fingerprint density at radius 2 is 2.26 bits per heavy atom. The number of aromatic nitrogens is 4. The summed E-state index contributed by atoms with van der Waals surface area (Å²) in [5.74, 6) is -0.409. The summed E-state index contributed by atoms with van der Waals surface area (Å²) in [6, 6.07) is 1.74. The van der Waals surface area contributed by atoms with Crippen molar-refractivity contribution in [1.82, 2.24) is 24.8 Å². The molecule has 4 heterocycles. The van der Waals surface area contributed by atoms with Gasteiger partial charge in [-0.15, -0.1) is 0 Å². The first-order valence-electron chi connectivity index (χ1n) is 8.33. The van der Waals surface area contributed by atoms with Crippen LogP contribution >= 0.6 is 11.6 Å². The summed E-state index contributed by atoms with van der Waals surface area (Å²) in [6.45, 7) is 2.25. The fraction of sp³-hybridized carbons (Fsp3) is 0.294. The highest BCUT2D eigenvalue weighted by molar-refractivity contribution is 6.31. The Labute approximate surface area is 159 Å². The molecule has 1 aliphatic heterocycles. The summed E-state index contributed by atoms with van der Waals surface area (Å²) < 4.78 is 14.3. The number of fused-ring (bicyclic) bond motifs is 1. The van der Waals surface area contributed by atoms with Crippen LogP contribution < -0.4 is 11.1 Å². The van der Waals surface area contributed by atoms with E-state index in [1.165, 1.54) is 13.1 Å². The molecule has 0 saturated carbocycles. The third-order valence-electron chi connectivity index (χ3n) is 4.60. The lowest BCUT2D eigenvalue weighted by molar-refractivity contribution is -0.127. The van der Waals surface area contributed by atoms with Gasteiger partial charge >= 0.3 is 0 Å². The monoisotopic (exact) mass is 389 g/mol. The minimum Gasteiger partial charge on any atom is -0.348 e. The molecule has 1 saturated heterocycles. The zero-order chi connectivity index (χ0) is 19.2. The standard InChI is InChI=1S/C17H17ClFN7O/c1-9(27)26-3-2-17(20,8-26)25-16-13(19)7-23-15(24-16)12-6-22-14-11(12)4-10(18)5-21-14/h4-7H,2-3,8,20H2,1H3,(H,21,22)(H,23,24,25)/t17-/m0/s1. The minimum atomic E-state index is -0.955. The third-order valence-corrected chi connectivity index (χ3v) is 4.80. The quantitative estimate of drug-likeness (QED) is 0.591. The Morgan fingerprint density at radius 3 is 3.00 bits per heavy atom. The number of likely N-dealkylation sites (tertiary alicyclic amines) is 1. The Bertz CT molecular complexity index is 1040. The topological polar surface area (TPSA) is 113 Å². The van der Waals surface area contributed by atoms with Crippen LogP contribution in [0.15, 0.2) is 24.7 Å². The van der Waals surface area contributed by atoms with Gasteiger partial charge in [-0.05, 0) is 6.07 Å². The second-order valence-electron chi connectivity index (χ2n) is 6.61. The molecule has 0 aliphatic carbocycles. The smallest absolute Gasteiger partial charge is 0.219 e. The highest BCUT2D eigenvalue weighted by Gasteiger charge is 2.36. The highest BCUT2D eigenvalue weighted by atomic mass is 35.5. The number of hydrogen-bond acceptors (Lipinski definition) is 6. The van der Waals surface area contributed by atoms with E-state index in [0.29, 0.717) is 35.0 Å². The lowest BCUT2D eigenvalue weighted by Crippen LogP contribution is -2.50. The summed E-state index contributed by atoms with van der Waals surface area (Å²) in [4.78, 5) is 28.7. The number of rotatable bonds is 3. The molecule has 10 heteroatoms. The van der Waals surface area contributed by atoms with Crippen LogP contribution in [0.5, 0.6) is 0 Å². The van der Waals surface area contributed by atoms with Crippen molar-refractivity contribution in [3.8, 4) is 11.4 Å². The molecule has 0 radical (unpaired) electrons. The van der Waals surface area contributed by atoms with Crippen molar-refractivity contribution >= 4 is 34.4 Å². The van der Waals surface area contributed by atoms with Gasteiger partial charge in [0.15, 0.2) is 17.5 Å². The summed E-state index contributed by atoms with van der Waals surface area (Å²) in [6.07, 6.45) is 4.79. The number of nitrogens with two attached hydrogens (primary N) is 1. The van der Waals surface area contributed by atoms with Crippen LogP contribution in [-0.2, 0) is 4.79 Å². The van der Waals surface area contributed by atoms with E-state index in [2.05, 4.69) is 25.3 Å². The third kappa shape index (κ3) is 3.31. The van der Waals surface area contributed by atoms with Gasteiger partial charge in [-0.1, -0.05) is 11.6 Å². The zero-order valence-electron chi connectivity index (χ0n) is 14.5. The van der Waals surface area contributed by atoms with Crippen molar-refractivity contribution < 1.29 is 9.18 Å². The van der Waals surface area contributed by atoms with E-state index in [1.54, 1.807) is 17.2 Å². The number of carbonyl (C=O) groups is 1. The highest BCUT2D eigenvalue weighted by Crippen LogP contribution is 2.29. The van der Waals surface area contributed by atoms with Gasteiger partial charge in [0, 0.05) is 43.2 Å². The van der Waals surface area contributed by atoms with Crippen LogP contribution in [0.3, 0.4) is 0 Å². The van der Waals surface area contributed by atoms with Gasteiger partial charge in [-0.3, -0.25) is 4.79 Å². The molecule has 4 rings (SSSR count). The lowest BCUT2D eigenvalue weighted by atomic mass is 10.1. The van der Waals surface area contributed by atoms with Crippen molar-refractivity contribution in [1.29, 1.82) is 0 Å². The van der Waals surface area contributed by atoms with Crippen LogP contribution in [0.4, 0.5) is 10.2 Å². The first-order chi connectivity index (χ1) is 12.8. The number of pyridine rings is 1. The van der Waals surface area contributed by atoms with Crippen LogP contribution in [0.2, 0.25) is 5.02 Å². The zero-order valence-corrected chi connectivity index (χ0v) is 15.2. The number of H-pyrrole nitrogens is 1. The second kappa shape index (κ2) is 6.43. The molecule has 1 amide bonds. The predicted octanol–water partition coefficient (Wildman–Crippen LogP) is 2.13. The van der Waals surface area contributed by atoms with E-state index in [1.807, 2.05) is 0 Å². The van der Waals surface area contributed by atoms with Crippen LogP contribution in [0.1, 0.15) is 13.3 Å². The van der Waals surface area contributed by atoms with E-state index in [4.69, 9.17) is 17.3 Å². The Kier molecular flexibility index (Phi) is 4.20. The van der Waals surface area contributed by atoms with Crippen molar-refractivity contribution in [2.45, 2.75) is 19.0 Å². The molecule has 27 heavy (non-hydrogen) atoms. The molecule has 0 unspecified atom stereocenters. The summed E-state index contributed by atoms with van der Waals surface area (Å²) in [5, 5.41) is 4.14. The molecule has 1 fully saturated rings. The first-order valence-corrected chi connectivity index (χ1v) is 8.70. The number of aromatic amines is 1. The van der Waals surface area contributed by atoms with Crippen LogP contribution in [0.25, 0.3) is 22.4 Å². The van der Waals surface area contributed by atoms with Crippen molar-refractivity contribution in [2.24, 2.45) is 5.73 Å². The number of nitrogens with zero attached hydrogens (tertiary/aromatic N) is 4. The fourth-order valence-electron chi connectivity index (χ4n) is 3.19. The molecule has 3 aromatic heterocycles. The molecule has 1 aliphatic rings. The van der Waals surface area contributed by atoms with Crippen LogP contribution in [0, 0.1) is 5.82 Å². The van der Waals surface area contributed by atoms with E-state index < -0.39 is 11.5 Å². The number of carbonyl (C=O) groups excluding carboxylic acids is 1. The summed E-state index contributed by atoms with van der Waals surface area (Å²) in [5.41, 5.74) is 6.62. The number of amides is 1. The molecule has 8 nitrogen and oxygen atoms in total. The average molecular weight is 390 g/mol. The normalized spacial score (nSPS) is 19.6. The maximum Gasteiger partial charge on any atom is 0.219 e. The van der Waals surface area contributed by atoms with Crippen molar-refractivity contribution in [2.75, 3.05) is 18.4 Å². The molecule has 0 aromatic carbocycles. The van der Waals surface area contributed by atoms with Crippen molar-refractivity contribution in [3.05, 3.63) is 35.5 Å². The van der Waals surface area contributed by atoms with Crippen LogP contribution in [-0.4, -0.2) is 49.5 Å². The Morgan fingerprint density at radius 1 is 1.44 bits per heavy atom. The van der Waals surface area contributed by atoms with Gasteiger partial charge in [0.2, 0.25) is 5.91 Å². The van der Waals surface area contributed by atoms with E-state index in [0.717, 1.165) is 11.6 Å². The fourth-order valence-corrected chi connectivity index (χ4v) is 3.35. The second-order valence-corrected chi connectivity index (χ2v) is 7.05.